The molecule has 0 aliphatic heterocycles. The lowest BCUT2D eigenvalue weighted by Gasteiger charge is -1.98. The van der Waals surface area contributed by atoms with Crippen LogP contribution in [0.4, 0.5) is 4.39 Å². The predicted molar refractivity (Wildman–Crippen MR) is 46.5 cm³/mol. The van der Waals surface area contributed by atoms with Crippen LogP contribution in [-0.4, -0.2) is 4.98 Å². The zero-order valence-electron chi connectivity index (χ0n) is 4.94. The first-order valence-electron chi connectivity index (χ1n) is 2.59. The van der Waals surface area contributed by atoms with E-state index < -0.39 is 0 Å². The third-order valence-corrected chi connectivity index (χ3v) is 2.28. The highest BCUT2D eigenvalue weighted by Crippen LogP contribution is 2.15. The molecule has 0 saturated heterocycles. The zero-order valence-corrected chi connectivity index (χ0v) is 7.86. The second-order valence-corrected chi connectivity index (χ2v) is 3.14. The molecule has 0 aromatic carbocycles. The quantitative estimate of drug-likeness (QED) is 0.565. The van der Waals surface area contributed by atoms with Crippen LogP contribution in [0.3, 0.4) is 0 Å². The second-order valence-electron chi connectivity index (χ2n) is 1.72. The largest absolute Gasteiger partial charge is 0.261 e. The van der Waals surface area contributed by atoms with E-state index in [0.29, 0.717) is 5.56 Å². The molecule has 54 valence electrons. The van der Waals surface area contributed by atoms with Gasteiger partial charge in [-0.25, -0.2) is 4.39 Å². The van der Waals surface area contributed by atoms with Crippen molar-refractivity contribution in [3.05, 3.63) is 27.3 Å². The molecular weight excluding hydrogens is 267 g/mol. The van der Waals surface area contributed by atoms with Crippen molar-refractivity contribution in [2.45, 2.75) is 5.88 Å². The van der Waals surface area contributed by atoms with E-state index in [4.69, 9.17) is 11.6 Å². The number of aromatic nitrogens is 1. The van der Waals surface area contributed by atoms with Crippen molar-refractivity contribution >= 4 is 34.2 Å². The van der Waals surface area contributed by atoms with Gasteiger partial charge in [-0.2, -0.15) is 0 Å². The van der Waals surface area contributed by atoms with Gasteiger partial charge in [-0.3, -0.25) is 4.98 Å². The third kappa shape index (κ3) is 1.58. The summed E-state index contributed by atoms with van der Waals surface area (Å²) in [7, 11) is 0. The fourth-order valence-electron chi connectivity index (χ4n) is 0.566. The van der Waals surface area contributed by atoms with Gasteiger partial charge >= 0.3 is 0 Å². The molecule has 0 unspecified atom stereocenters. The Morgan fingerprint density at radius 3 is 2.70 bits per heavy atom. The minimum atomic E-state index is -0.332. The summed E-state index contributed by atoms with van der Waals surface area (Å²) in [5.74, 6) is -0.131. The molecule has 1 rings (SSSR count). The van der Waals surface area contributed by atoms with Gasteiger partial charge in [-0.15, -0.1) is 11.6 Å². The summed E-state index contributed by atoms with van der Waals surface area (Å²) >= 11 is 7.46. The number of alkyl halides is 1. The maximum atomic E-state index is 12.7. The average Bonchev–Trinajstić information content (AvgIpc) is 1.88. The lowest BCUT2D eigenvalue weighted by Crippen LogP contribution is -1.91. The molecule has 1 aromatic heterocycles. The fourth-order valence-corrected chi connectivity index (χ4v) is 1.67. The molecular formula is C6H4ClFIN. The van der Waals surface area contributed by atoms with Crippen LogP contribution in [0.25, 0.3) is 0 Å². The Morgan fingerprint density at radius 1 is 1.60 bits per heavy atom. The van der Waals surface area contributed by atoms with E-state index >= 15 is 0 Å². The van der Waals surface area contributed by atoms with Gasteiger partial charge in [-0.05, 0) is 22.6 Å². The van der Waals surface area contributed by atoms with Crippen LogP contribution in [0.15, 0.2) is 12.4 Å². The van der Waals surface area contributed by atoms with Gasteiger partial charge in [0.05, 0.1) is 12.1 Å². The average molecular weight is 271 g/mol. The smallest absolute Gasteiger partial charge is 0.146 e. The van der Waals surface area contributed by atoms with E-state index in [-0.39, 0.29) is 11.7 Å². The highest BCUT2D eigenvalue weighted by molar-refractivity contribution is 14.1. The van der Waals surface area contributed by atoms with Crippen LogP contribution in [-0.2, 0) is 5.88 Å². The summed E-state index contributed by atoms with van der Waals surface area (Å²) in [5, 5.41) is 0. The first kappa shape index (κ1) is 8.20. The van der Waals surface area contributed by atoms with Crippen molar-refractivity contribution in [2.24, 2.45) is 0 Å². The van der Waals surface area contributed by atoms with Crippen molar-refractivity contribution in [3.63, 3.8) is 0 Å². The third-order valence-electron chi connectivity index (χ3n) is 1.09. The van der Waals surface area contributed by atoms with Crippen LogP contribution in [0.2, 0.25) is 0 Å². The van der Waals surface area contributed by atoms with Crippen LogP contribution in [0.5, 0.6) is 0 Å². The Kier molecular flexibility index (Phi) is 2.85. The first-order chi connectivity index (χ1) is 4.75. The molecule has 0 saturated carbocycles. The number of nitrogens with zero attached hydrogens (tertiary/aromatic N) is 1. The Hall–Kier alpha value is 0.1000. The summed E-state index contributed by atoms with van der Waals surface area (Å²) in [6, 6.07) is 0. The van der Waals surface area contributed by atoms with Crippen molar-refractivity contribution in [1.29, 1.82) is 0 Å². The Balaban J connectivity index is 3.17. The fraction of sp³-hybridized carbons (Fsp3) is 0.167. The molecule has 0 spiro atoms. The van der Waals surface area contributed by atoms with E-state index in [1.54, 1.807) is 6.20 Å². The summed E-state index contributed by atoms with van der Waals surface area (Å²) in [6.07, 6.45) is 2.75. The van der Waals surface area contributed by atoms with E-state index in [9.17, 15) is 4.39 Å². The van der Waals surface area contributed by atoms with Crippen LogP contribution < -0.4 is 0 Å². The van der Waals surface area contributed by atoms with Gasteiger partial charge in [0.15, 0.2) is 0 Å². The van der Waals surface area contributed by atoms with Crippen LogP contribution in [0, 0.1) is 9.39 Å². The normalized spacial score (nSPS) is 9.90. The lowest BCUT2D eigenvalue weighted by molar-refractivity contribution is 0.608. The van der Waals surface area contributed by atoms with Crippen molar-refractivity contribution in [1.82, 2.24) is 4.98 Å². The van der Waals surface area contributed by atoms with Crippen LogP contribution in [0.1, 0.15) is 5.56 Å². The van der Waals surface area contributed by atoms with Crippen molar-refractivity contribution in [2.75, 3.05) is 0 Å². The molecule has 1 nitrogen and oxygen atoms in total. The van der Waals surface area contributed by atoms with E-state index in [1.165, 1.54) is 6.20 Å². The van der Waals surface area contributed by atoms with Gasteiger partial charge < -0.3 is 0 Å². The van der Waals surface area contributed by atoms with Gasteiger partial charge in [0.2, 0.25) is 0 Å². The van der Waals surface area contributed by atoms with Gasteiger partial charge in [0.1, 0.15) is 5.82 Å². The molecule has 0 amide bonds. The summed E-state index contributed by atoms with van der Waals surface area (Å²) in [6.45, 7) is 0. The van der Waals surface area contributed by atoms with Gasteiger partial charge in [0, 0.05) is 15.3 Å². The lowest BCUT2D eigenvalue weighted by atomic mass is 10.3. The molecule has 0 N–H and O–H groups in total. The standard InChI is InChI=1S/C6H4ClFIN/c7-1-4-5(8)2-10-3-6(4)9/h2-3H,1H2. The molecule has 0 aliphatic carbocycles. The highest BCUT2D eigenvalue weighted by Gasteiger charge is 2.03. The maximum absolute atomic E-state index is 12.7. The Labute approximate surface area is 76.7 Å². The first-order valence-corrected chi connectivity index (χ1v) is 4.21. The number of pyridine rings is 1. The summed E-state index contributed by atoms with van der Waals surface area (Å²) in [4.78, 5) is 3.65. The van der Waals surface area contributed by atoms with Gasteiger partial charge in [0.25, 0.3) is 0 Å². The zero-order chi connectivity index (χ0) is 7.56. The van der Waals surface area contributed by atoms with E-state index in [0.717, 1.165) is 3.57 Å². The highest BCUT2D eigenvalue weighted by atomic mass is 127. The molecule has 4 heteroatoms. The van der Waals surface area contributed by atoms with E-state index in [2.05, 4.69) is 4.98 Å². The molecule has 0 aliphatic rings. The minimum absolute atomic E-state index is 0.201. The monoisotopic (exact) mass is 271 g/mol. The number of hydrogen-bond donors (Lipinski definition) is 0. The Bertz CT molecular complexity index is 221. The van der Waals surface area contributed by atoms with Crippen molar-refractivity contribution in [3.8, 4) is 0 Å². The molecule has 1 aromatic rings. The van der Waals surface area contributed by atoms with Gasteiger partial charge in [-0.1, -0.05) is 0 Å². The Morgan fingerprint density at radius 2 is 2.30 bits per heavy atom. The SMILES string of the molecule is Fc1cncc(I)c1CCl. The summed E-state index contributed by atoms with van der Waals surface area (Å²) < 4.78 is 13.5. The molecule has 0 atom stereocenters. The molecule has 0 radical (unpaired) electrons. The van der Waals surface area contributed by atoms with Crippen LogP contribution >= 0.6 is 34.2 Å². The van der Waals surface area contributed by atoms with Crippen molar-refractivity contribution < 1.29 is 4.39 Å². The predicted octanol–water partition coefficient (Wildman–Crippen LogP) is 2.56. The topological polar surface area (TPSA) is 12.9 Å². The maximum Gasteiger partial charge on any atom is 0.146 e. The minimum Gasteiger partial charge on any atom is -0.261 e. The number of rotatable bonds is 1. The molecule has 0 bridgehead atoms. The van der Waals surface area contributed by atoms with E-state index in [1.807, 2.05) is 22.6 Å². The second kappa shape index (κ2) is 3.48. The molecule has 1 heterocycles. The number of halogens is 3. The molecule has 0 fully saturated rings. The summed E-state index contributed by atoms with van der Waals surface area (Å²) in [5.41, 5.74) is 0.525. The molecule has 10 heavy (non-hydrogen) atoms. The number of hydrogen-bond acceptors (Lipinski definition) is 1.